The van der Waals surface area contributed by atoms with E-state index < -0.39 is 0 Å². The molecule has 84 valence electrons. The molecule has 0 aliphatic carbocycles. The fourth-order valence-electron chi connectivity index (χ4n) is 1.60. The third-order valence-corrected chi connectivity index (χ3v) is 3.31. The minimum absolute atomic E-state index is 0.181. The molecule has 15 heavy (non-hydrogen) atoms. The standard InChI is InChI=1S/C10H16N2O2S/c13-4-1-9-8-15-10(11-9)7-12-2-5-14-6-3-12/h8,13H,1-7H2. The zero-order valence-corrected chi connectivity index (χ0v) is 9.50. The molecule has 1 aliphatic rings. The minimum Gasteiger partial charge on any atom is -0.396 e. The van der Waals surface area contributed by atoms with Gasteiger partial charge in [-0.15, -0.1) is 11.3 Å². The highest BCUT2D eigenvalue weighted by Crippen LogP contribution is 2.13. The molecule has 2 rings (SSSR count). The van der Waals surface area contributed by atoms with Crippen molar-refractivity contribution in [2.75, 3.05) is 32.9 Å². The smallest absolute Gasteiger partial charge is 0.107 e. The van der Waals surface area contributed by atoms with Crippen molar-refractivity contribution >= 4 is 11.3 Å². The van der Waals surface area contributed by atoms with Crippen LogP contribution < -0.4 is 0 Å². The molecular formula is C10H16N2O2S. The summed E-state index contributed by atoms with van der Waals surface area (Å²) in [7, 11) is 0. The lowest BCUT2D eigenvalue weighted by molar-refractivity contribution is 0.0341. The molecule has 0 atom stereocenters. The summed E-state index contributed by atoms with van der Waals surface area (Å²) in [6.45, 7) is 4.74. The summed E-state index contributed by atoms with van der Waals surface area (Å²) >= 11 is 1.68. The maximum absolute atomic E-state index is 8.79. The molecule has 1 aliphatic heterocycles. The zero-order valence-electron chi connectivity index (χ0n) is 8.69. The van der Waals surface area contributed by atoms with Gasteiger partial charge in [-0.1, -0.05) is 0 Å². The number of morpholine rings is 1. The lowest BCUT2D eigenvalue weighted by Gasteiger charge is -2.25. The summed E-state index contributed by atoms with van der Waals surface area (Å²) in [6.07, 6.45) is 0.666. The highest BCUT2D eigenvalue weighted by molar-refractivity contribution is 7.09. The second-order valence-electron chi connectivity index (χ2n) is 3.59. The molecule has 1 fully saturated rings. The van der Waals surface area contributed by atoms with Crippen molar-refractivity contribution in [3.05, 3.63) is 16.1 Å². The summed E-state index contributed by atoms with van der Waals surface area (Å²) in [6, 6.07) is 0. The number of ether oxygens (including phenoxy) is 1. The number of aliphatic hydroxyl groups excluding tert-OH is 1. The Morgan fingerprint density at radius 3 is 3.00 bits per heavy atom. The summed E-state index contributed by atoms with van der Waals surface area (Å²) < 4.78 is 5.29. The summed E-state index contributed by atoms with van der Waals surface area (Å²) in [4.78, 5) is 6.82. The van der Waals surface area contributed by atoms with Crippen molar-refractivity contribution in [2.45, 2.75) is 13.0 Å². The molecule has 2 heterocycles. The van der Waals surface area contributed by atoms with Gasteiger partial charge in [0.05, 0.1) is 25.5 Å². The first-order valence-corrected chi connectivity index (χ1v) is 6.10. The van der Waals surface area contributed by atoms with Crippen LogP contribution in [0.25, 0.3) is 0 Å². The maximum Gasteiger partial charge on any atom is 0.107 e. The van der Waals surface area contributed by atoms with Crippen molar-refractivity contribution in [3.63, 3.8) is 0 Å². The fraction of sp³-hybridized carbons (Fsp3) is 0.700. The van der Waals surface area contributed by atoms with Crippen molar-refractivity contribution in [3.8, 4) is 0 Å². The molecule has 1 N–H and O–H groups in total. The topological polar surface area (TPSA) is 45.6 Å². The van der Waals surface area contributed by atoms with Gasteiger partial charge in [-0.2, -0.15) is 0 Å². The fourth-order valence-corrected chi connectivity index (χ4v) is 2.47. The van der Waals surface area contributed by atoms with E-state index in [1.807, 2.05) is 5.38 Å². The number of nitrogens with zero attached hydrogens (tertiary/aromatic N) is 2. The van der Waals surface area contributed by atoms with Crippen LogP contribution in [0.2, 0.25) is 0 Å². The van der Waals surface area contributed by atoms with Gasteiger partial charge in [-0.3, -0.25) is 4.90 Å². The molecule has 5 heteroatoms. The van der Waals surface area contributed by atoms with Gasteiger partial charge in [0.15, 0.2) is 0 Å². The summed E-state index contributed by atoms with van der Waals surface area (Å²) in [5.74, 6) is 0. The molecule has 0 aromatic carbocycles. The first-order chi connectivity index (χ1) is 7.38. The SMILES string of the molecule is OCCc1csc(CN2CCOCC2)n1. The Kier molecular flexibility index (Phi) is 4.08. The van der Waals surface area contributed by atoms with Crippen LogP contribution in [0.15, 0.2) is 5.38 Å². The van der Waals surface area contributed by atoms with Crippen LogP contribution >= 0.6 is 11.3 Å². The predicted octanol–water partition coefficient (Wildman–Crippen LogP) is 0.510. The van der Waals surface area contributed by atoms with E-state index in [9.17, 15) is 0 Å². The molecule has 0 radical (unpaired) electrons. The molecule has 1 aromatic rings. The monoisotopic (exact) mass is 228 g/mol. The Balaban J connectivity index is 1.86. The number of thiazole rings is 1. The van der Waals surface area contributed by atoms with Gasteiger partial charge in [-0.25, -0.2) is 4.98 Å². The zero-order chi connectivity index (χ0) is 10.5. The number of aliphatic hydroxyl groups is 1. The molecule has 0 spiro atoms. The molecule has 1 aromatic heterocycles. The molecule has 0 amide bonds. The average Bonchev–Trinajstić information content (AvgIpc) is 2.68. The third-order valence-electron chi connectivity index (χ3n) is 2.43. The normalized spacial score (nSPS) is 18.2. The first-order valence-electron chi connectivity index (χ1n) is 5.23. The van der Waals surface area contributed by atoms with Crippen LogP contribution in [-0.2, 0) is 17.7 Å². The van der Waals surface area contributed by atoms with Crippen molar-refractivity contribution < 1.29 is 9.84 Å². The number of hydrogen-bond donors (Lipinski definition) is 1. The van der Waals surface area contributed by atoms with Crippen LogP contribution in [0.5, 0.6) is 0 Å². The largest absolute Gasteiger partial charge is 0.396 e. The average molecular weight is 228 g/mol. The van der Waals surface area contributed by atoms with Crippen LogP contribution in [0.4, 0.5) is 0 Å². The first kappa shape index (κ1) is 11.0. The molecule has 0 unspecified atom stereocenters. The summed E-state index contributed by atoms with van der Waals surface area (Å²) in [5.41, 5.74) is 1.01. The second kappa shape index (κ2) is 5.55. The van der Waals surface area contributed by atoms with E-state index in [0.717, 1.165) is 43.5 Å². The van der Waals surface area contributed by atoms with E-state index in [-0.39, 0.29) is 6.61 Å². The molecule has 4 nitrogen and oxygen atoms in total. The Hall–Kier alpha value is -0.490. The van der Waals surface area contributed by atoms with E-state index in [1.54, 1.807) is 11.3 Å². The van der Waals surface area contributed by atoms with Crippen molar-refractivity contribution in [2.24, 2.45) is 0 Å². The van der Waals surface area contributed by atoms with Gasteiger partial charge >= 0.3 is 0 Å². The Bertz CT molecular complexity index is 297. The van der Waals surface area contributed by atoms with Gasteiger partial charge in [-0.05, 0) is 0 Å². The minimum atomic E-state index is 0.181. The quantitative estimate of drug-likeness (QED) is 0.815. The van der Waals surface area contributed by atoms with E-state index in [4.69, 9.17) is 9.84 Å². The van der Waals surface area contributed by atoms with Gasteiger partial charge in [0.2, 0.25) is 0 Å². The Morgan fingerprint density at radius 2 is 2.27 bits per heavy atom. The van der Waals surface area contributed by atoms with Crippen LogP contribution in [-0.4, -0.2) is 47.9 Å². The lowest BCUT2D eigenvalue weighted by Crippen LogP contribution is -2.35. The van der Waals surface area contributed by atoms with Crippen LogP contribution in [0.1, 0.15) is 10.7 Å². The van der Waals surface area contributed by atoms with Gasteiger partial charge in [0, 0.05) is 31.5 Å². The maximum atomic E-state index is 8.79. The summed E-state index contributed by atoms with van der Waals surface area (Å²) in [5, 5.41) is 12.0. The second-order valence-corrected chi connectivity index (χ2v) is 4.54. The molecule has 1 saturated heterocycles. The Morgan fingerprint density at radius 1 is 1.47 bits per heavy atom. The third kappa shape index (κ3) is 3.24. The molecular weight excluding hydrogens is 212 g/mol. The van der Waals surface area contributed by atoms with Gasteiger partial charge < -0.3 is 9.84 Å². The van der Waals surface area contributed by atoms with Gasteiger partial charge in [0.25, 0.3) is 0 Å². The predicted molar refractivity (Wildman–Crippen MR) is 59.0 cm³/mol. The van der Waals surface area contributed by atoms with Crippen LogP contribution in [0, 0.1) is 0 Å². The Labute approximate surface area is 93.5 Å². The van der Waals surface area contributed by atoms with Gasteiger partial charge in [0.1, 0.15) is 5.01 Å². The number of rotatable bonds is 4. The molecule has 0 saturated carbocycles. The van der Waals surface area contributed by atoms with E-state index in [1.165, 1.54) is 0 Å². The number of hydrogen-bond acceptors (Lipinski definition) is 5. The van der Waals surface area contributed by atoms with E-state index >= 15 is 0 Å². The molecule has 0 bridgehead atoms. The lowest BCUT2D eigenvalue weighted by atomic mass is 10.3. The van der Waals surface area contributed by atoms with Crippen LogP contribution in [0.3, 0.4) is 0 Å². The van der Waals surface area contributed by atoms with E-state index in [0.29, 0.717) is 6.42 Å². The van der Waals surface area contributed by atoms with Crippen molar-refractivity contribution in [1.82, 2.24) is 9.88 Å². The number of aromatic nitrogens is 1. The highest BCUT2D eigenvalue weighted by atomic mass is 32.1. The highest BCUT2D eigenvalue weighted by Gasteiger charge is 2.12. The van der Waals surface area contributed by atoms with E-state index in [2.05, 4.69) is 9.88 Å². The van der Waals surface area contributed by atoms with Crippen molar-refractivity contribution in [1.29, 1.82) is 0 Å².